The van der Waals surface area contributed by atoms with Crippen molar-refractivity contribution < 1.29 is 18.3 Å². The van der Waals surface area contributed by atoms with Crippen molar-refractivity contribution in [3.63, 3.8) is 0 Å². The molecule has 2 heterocycles. The SMILES string of the molecule is C[C@@H](NC(=O)OCc1ccccc1)c1cn2cc(F)cc(F)c2n1. The van der Waals surface area contributed by atoms with Crippen LogP contribution in [-0.2, 0) is 11.3 Å². The lowest BCUT2D eigenvalue weighted by molar-refractivity contribution is 0.136. The second kappa shape index (κ2) is 6.66. The minimum atomic E-state index is -0.764. The van der Waals surface area contributed by atoms with Gasteiger partial charge in [-0.1, -0.05) is 30.3 Å². The smallest absolute Gasteiger partial charge is 0.407 e. The van der Waals surface area contributed by atoms with E-state index < -0.39 is 23.8 Å². The third-order valence-electron chi connectivity index (χ3n) is 3.48. The van der Waals surface area contributed by atoms with Gasteiger partial charge in [0.25, 0.3) is 0 Å². The third-order valence-corrected chi connectivity index (χ3v) is 3.48. The Morgan fingerprint density at radius 2 is 2.04 bits per heavy atom. The van der Waals surface area contributed by atoms with E-state index in [1.807, 2.05) is 30.3 Å². The fourth-order valence-corrected chi connectivity index (χ4v) is 2.27. The molecule has 1 amide bonds. The molecule has 1 atom stereocenters. The Morgan fingerprint density at radius 3 is 2.79 bits per heavy atom. The Hall–Kier alpha value is -2.96. The molecule has 0 bridgehead atoms. The van der Waals surface area contributed by atoms with Crippen LogP contribution < -0.4 is 5.32 Å². The maximum atomic E-state index is 13.7. The monoisotopic (exact) mass is 331 g/mol. The zero-order valence-corrected chi connectivity index (χ0v) is 12.9. The van der Waals surface area contributed by atoms with E-state index in [0.717, 1.165) is 17.8 Å². The molecule has 1 N–H and O–H groups in total. The summed E-state index contributed by atoms with van der Waals surface area (Å²) in [4.78, 5) is 15.9. The lowest BCUT2D eigenvalue weighted by atomic mass is 10.2. The Labute approximate surface area is 136 Å². The lowest BCUT2D eigenvalue weighted by Gasteiger charge is -2.11. The van der Waals surface area contributed by atoms with E-state index in [-0.39, 0.29) is 12.3 Å². The number of carbonyl (C=O) groups excluding carboxylic acids is 1. The van der Waals surface area contributed by atoms with Gasteiger partial charge in [-0.05, 0) is 12.5 Å². The Balaban J connectivity index is 1.65. The van der Waals surface area contributed by atoms with Crippen molar-refractivity contribution in [2.24, 2.45) is 0 Å². The molecule has 0 aliphatic carbocycles. The van der Waals surface area contributed by atoms with E-state index in [9.17, 15) is 13.6 Å². The van der Waals surface area contributed by atoms with Crippen LogP contribution in [0.2, 0.25) is 0 Å². The van der Waals surface area contributed by atoms with Crippen LogP contribution in [0.5, 0.6) is 0 Å². The molecule has 0 spiro atoms. The number of halogens is 2. The van der Waals surface area contributed by atoms with E-state index in [2.05, 4.69) is 10.3 Å². The molecule has 3 aromatic rings. The van der Waals surface area contributed by atoms with E-state index >= 15 is 0 Å². The Kier molecular flexibility index (Phi) is 4.41. The highest BCUT2D eigenvalue weighted by molar-refractivity contribution is 5.67. The summed E-state index contributed by atoms with van der Waals surface area (Å²) in [5.74, 6) is -1.47. The molecule has 0 unspecified atom stereocenters. The summed E-state index contributed by atoms with van der Waals surface area (Å²) in [5, 5.41) is 2.61. The van der Waals surface area contributed by atoms with Crippen LogP contribution in [0.4, 0.5) is 13.6 Å². The van der Waals surface area contributed by atoms with Gasteiger partial charge in [0.1, 0.15) is 12.4 Å². The summed E-state index contributed by atoms with van der Waals surface area (Å²) in [5.41, 5.74) is 1.26. The van der Waals surface area contributed by atoms with Crippen molar-refractivity contribution >= 4 is 11.7 Å². The van der Waals surface area contributed by atoms with Gasteiger partial charge in [0.05, 0.1) is 11.7 Å². The maximum Gasteiger partial charge on any atom is 0.407 e. The van der Waals surface area contributed by atoms with E-state index in [4.69, 9.17) is 4.74 Å². The quantitative estimate of drug-likeness (QED) is 0.795. The van der Waals surface area contributed by atoms with Crippen molar-refractivity contribution in [1.29, 1.82) is 0 Å². The van der Waals surface area contributed by atoms with Gasteiger partial charge in [-0.15, -0.1) is 0 Å². The van der Waals surface area contributed by atoms with Crippen LogP contribution in [0.1, 0.15) is 24.2 Å². The van der Waals surface area contributed by atoms with E-state index in [1.165, 1.54) is 10.6 Å². The van der Waals surface area contributed by atoms with Gasteiger partial charge in [-0.3, -0.25) is 0 Å². The first kappa shape index (κ1) is 15.9. The summed E-state index contributed by atoms with van der Waals surface area (Å²) in [6, 6.07) is 9.50. The molecule has 0 radical (unpaired) electrons. The number of rotatable bonds is 4. The first-order valence-corrected chi connectivity index (χ1v) is 7.34. The molecule has 0 saturated carbocycles. The van der Waals surface area contributed by atoms with Gasteiger partial charge < -0.3 is 14.5 Å². The van der Waals surface area contributed by atoms with Gasteiger partial charge in [0.15, 0.2) is 11.5 Å². The minimum Gasteiger partial charge on any atom is -0.445 e. The number of hydrogen-bond donors (Lipinski definition) is 1. The number of benzene rings is 1. The molecular weight excluding hydrogens is 316 g/mol. The molecule has 0 aliphatic heterocycles. The average molecular weight is 331 g/mol. The van der Waals surface area contributed by atoms with Crippen LogP contribution in [0.25, 0.3) is 5.65 Å². The summed E-state index contributed by atoms with van der Waals surface area (Å²) >= 11 is 0. The summed E-state index contributed by atoms with van der Waals surface area (Å²) in [6.07, 6.45) is 1.97. The zero-order chi connectivity index (χ0) is 17.1. The van der Waals surface area contributed by atoms with Crippen LogP contribution in [0, 0.1) is 11.6 Å². The van der Waals surface area contributed by atoms with Gasteiger partial charge in [0, 0.05) is 18.5 Å². The number of imidazole rings is 1. The number of pyridine rings is 1. The fraction of sp³-hybridized carbons (Fsp3) is 0.176. The number of hydrogen-bond acceptors (Lipinski definition) is 3. The van der Waals surface area contributed by atoms with Crippen molar-refractivity contribution in [3.8, 4) is 0 Å². The van der Waals surface area contributed by atoms with Gasteiger partial charge in [0.2, 0.25) is 0 Å². The van der Waals surface area contributed by atoms with Crippen molar-refractivity contribution in [1.82, 2.24) is 14.7 Å². The predicted molar refractivity (Wildman–Crippen MR) is 83.3 cm³/mol. The Bertz CT molecular complexity index is 865. The largest absolute Gasteiger partial charge is 0.445 e. The lowest BCUT2D eigenvalue weighted by Crippen LogP contribution is -2.27. The molecular formula is C17H15F2N3O2. The van der Waals surface area contributed by atoms with Crippen molar-refractivity contribution in [2.75, 3.05) is 0 Å². The molecule has 24 heavy (non-hydrogen) atoms. The molecule has 0 saturated heterocycles. The number of carbonyl (C=O) groups is 1. The first-order chi connectivity index (χ1) is 11.5. The predicted octanol–water partition coefficient (Wildman–Crippen LogP) is 3.60. The molecule has 124 valence electrons. The highest BCUT2D eigenvalue weighted by atomic mass is 19.1. The number of nitrogens with zero attached hydrogens (tertiary/aromatic N) is 2. The summed E-state index contributed by atoms with van der Waals surface area (Å²) in [6.45, 7) is 1.82. The molecule has 0 fully saturated rings. The number of nitrogens with one attached hydrogen (secondary N) is 1. The summed E-state index contributed by atoms with van der Waals surface area (Å²) in [7, 11) is 0. The standard InChI is InChI=1S/C17H15F2N3O2/c1-11(20-17(23)24-10-12-5-3-2-4-6-12)15-9-22-8-13(18)7-14(19)16(22)21-15/h2-9,11H,10H2,1H3,(H,20,23)/t11-/m1/s1. The molecule has 1 aromatic carbocycles. The number of alkyl carbamates (subject to hydrolysis) is 1. The maximum absolute atomic E-state index is 13.7. The Morgan fingerprint density at radius 1 is 1.29 bits per heavy atom. The molecule has 7 heteroatoms. The van der Waals surface area contributed by atoms with E-state index in [0.29, 0.717) is 5.69 Å². The zero-order valence-electron chi connectivity index (χ0n) is 12.9. The highest BCUT2D eigenvalue weighted by Gasteiger charge is 2.16. The third kappa shape index (κ3) is 3.51. The van der Waals surface area contributed by atoms with Gasteiger partial charge in [-0.25, -0.2) is 18.6 Å². The first-order valence-electron chi connectivity index (χ1n) is 7.34. The van der Waals surface area contributed by atoms with Crippen LogP contribution >= 0.6 is 0 Å². The second-order valence-electron chi connectivity index (χ2n) is 5.33. The van der Waals surface area contributed by atoms with E-state index in [1.54, 1.807) is 6.92 Å². The summed E-state index contributed by atoms with van der Waals surface area (Å²) < 4.78 is 33.2. The molecule has 0 aliphatic rings. The highest BCUT2D eigenvalue weighted by Crippen LogP contribution is 2.16. The second-order valence-corrected chi connectivity index (χ2v) is 5.33. The number of fused-ring (bicyclic) bond motifs is 1. The number of amides is 1. The van der Waals surface area contributed by atoms with Gasteiger partial charge >= 0.3 is 6.09 Å². The minimum absolute atomic E-state index is 0.00213. The van der Waals surface area contributed by atoms with Crippen LogP contribution in [0.3, 0.4) is 0 Å². The van der Waals surface area contributed by atoms with Crippen molar-refractivity contribution in [2.45, 2.75) is 19.6 Å². The van der Waals surface area contributed by atoms with Crippen LogP contribution in [-0.4, -0.2) is 15.5 Å². The number of aromatic nitrogens is 2. The fourth-order valence-electron chi connectivity index (χ4n) is 2.27. The normalized spacial score (nSPS) is 12.1. The molecule has 2 aromatic heterocycles. The molecule has 5 nitrogen and oxygen atoms in total. The van der Waals surface area contributed by atoms with Crippen LogP contribution in [0.15, 0.2) is 48.8 Å². The average Bonchev–Trinajstić information content (AvgIpc) is 2.98. The van der Waals surface area contributed by atoms with Gasteiger partial charge in [-0.2, -0.15) is 0 Å². The molecule has 3 rings (SSSR count). The van der Waals surface area contributed by atoms with Crippen molar-refractivity contribution in [3.05, 3.63) is 71.7 Å². The number of ether oxygens (including phenoxy) is 1. The topological polar surface area (TPSA) is 55.6 Å².